The van der Waals surface area contributed by atoms with Gasteiger partial charge in [0.2, 0.25) is 0 Å². The van der Waals surface area contributed by atoms with Crippen molar-refractivity contribution in [3.63, 3.8) is 0 Å². The lowest BCUT2D eigenvalue weighted by Gasteiger charge is -2.16. The van der Waals surface area contributed by atoms with Crippen LogP contribution in [0.5, 0.6) is 0 Å². The first-order chi connectivity index (χ1) is 8.86. The van der Waals surface area contributed by atoms with Crippen LogP contribution in [0.1, 0.15) is 31.9 Å². The van der Waals surface area contributed by atoms with Crippen molar-refractivity contribution < 1.29 is 4.79 Å². The summed E-state index contributed by atoms with van der Waals surface area (Å²) in [5.74, 6) is 0.102. The van der Waals surface area contributed by atoms with Gasteiger partial charge < -0.3 is 11.1 Å². The zero-order chi connectivity index (χ0) is 14.6. The van der Waals surface area contributed by atoms with Crippen LogP contribution in [0.25, 0.3) is 0 Å². The maximum Gasteiger partial charge on any atom is 0.152 e. The maximum atomic E-state index is 11.8. The van der Waals surface area contributed by atoms with Crippen molar-refractivity contribution in [1.82, 2.24) is 0 Å². The van der Waals surface area contributed by atoms with Gasteiger partial charge in [0.05, 0.1) is 11.7 Å². The Morgan fingerprint density at radius 3 is 2.53 bits per heavy atom. The van der Waals surface area contributed by atoms with Gasteiger partial charge in [0.15, 0.2) is 5.78 Å². The summed E-state index contributed by atoms with van der Waals surface area (Å²) in [5.41, 5.74) is 9.33. The minimum Gasteiger partial charge on any atom is -0.384 e. The van der Waals surface area contributed by atoms with Crippen LogP contribution < -0.4 is 11.1 Å². The molecule has 1 aromatic rings. The number of hydrogen-bond donors (Lipinski definition) is 2. The SMILES string of the molecule is CCNc1c(C)cc(C[C@H](N)C(=O)C(C)C)cc1Br. The molecule has 0 heterocycles. The highest BCUT2D eigenvalue weighted by atomic mass is 79.9. The average molecular weight is 327 g/mol. The fourth-order valence-electron chi connectivity index (χ4n) is 2.12. The third kappa shape index (κ3) is 4.32. The van der Waals surface area contributed by atoms with Gasteiger partial charge in [-0.1, -0.05) is 19.9 Å². The molecule has 0 fully saturated rings. The number of aryl methyl sites for hydroxylation is 1. The van der Waals surface area contributed by atoms with E-state index in [2.05, 4.69) is 41.2 Å². The normalized spacial score (nSPS) is 12.6. The third-order valence-electron chi connectivity index (χ3n) is 3.09. The highest BCUT2D eigenvalue weighted by Crippen LogP contribution is 2.28. The molecule has 0 unspecified atom stereocenters. The molecule has 19 heavy (non-hydrogen) atoms. The quantitative estimate of drug-likeness (QED) is 0.843. The van der Waals surface area contributed by atoms with Crippen LogP contribution in [-0.4, -0.2) is 18.4 Å². The molecule has 0 amide bonds. The maximum absolute atomic E-state index is 11.8. The fourth-order valence-corrected chi connectivity index (χ4v) is 2.86. The molecule has 0 radical (unpaired) electrons. The Morgan fingerprint density at radius 2 is 2.05 bits per heavy atom. The summed E-state index contributed by atoms with van der Waals surface area (Å²) >= 11 is 3.57. The van der Waals surface area contributed by atoms with E-state index in [1.165, 1.54) is 0 Å². The highest BCUT2D eigenvalue weighted by molar-refractivity contribution is 9.10. The van der Waals surface area contributed by atoms with E-state index in [0.29, 0.717) is 6.42 Å². The smallest absolute Gasteiger partial charge is 0.152 e. The Hall–Kier alpha value is -0.870. The van der Waals surface area contributed by atoms with Crippen LogP contribution in [0, 0.1) is 12.8 Å². The first-order valence-electron chi connectivity index (χ1n) is 6.69. The van der Waals surface area contributed by atoms with Crippen LogP contribution in [-0.2, 0) is 11.2 Å². The van der Waals surface area contributed by atoms with Crippen molar-refractivity contribution in [3.05, 3.63) is 27.7 Å². The summed E-state index contributed by atoms with van der Waals surface area (Å²) in [6, 6.07) is 3.71. The lowest BCUT2D eigenvalue weighted by Crippen LogP contribution is -2.35. The Labute approximate surface area is 124 Å². The number of halogens is 1. The van der Waals surface area contributed by atoms with Crippen LogP contribution in [0.4, 0.5) is 5.69 Å². The van der Waals surface area contributed by atoms with Crippen LogP contribution in [0.3, 0.4) is 0 Å². The van der Waals surface area contributed by atoms with Crippen LogP contribution in [0.2, 0.25) is 0 Å². The number of nitrogens with two attached hydrogens (primary N) is 1. The first-order valence-corrected chi connectivity index (χ1v) is 7.48. The lowest BCUT2D eigenvalue weighted by atomic mass is 9.95. The molecule has 0 aliphatic carbocycles. The van der Waals surface area contributed by atoms with Crippen molar-refractivity contribution >= 4 is 27.4 Å². The standard InChI is InChI=1S/C15H23BrN2O/c1-5-18-14-10(4)6-11(7-12(14)16)8-13(17)15(19)9(2)3/h6-7,9,13,18H,5,8,17H2,1-4H3/t13-/m0/s1. The molecule has 0 aliphatic rings. The molecular formula is C15H23BrN2O. The van der Waals surface area contributed by atoms with Crippen molar-refractivity contribution in [1.29, 1.82) is 0 Å². The third-order valence-corrected chi connectivity index (χ3v) is 3.72. The first kappa shape index (κ1) is 16.2. The van der Waals surface area contributed by atoms with E-state index in [0.717, 1.165) is 27.8 Å². The second-order valence-electron chi connectivity index (χ2n) is 5.17. The zero-order valence-corrected chi connectivity index (χ0v) is 13.7. The lowest BCUT2D eigenvalue weighted by molar-refractivity contribution is -0.123. The number of hydrogen-bond acceptors (Lipinski definition) is 3. The zero-order valence-electron chi connectivity index (χ0n) is 12.1. The van der Waals surface area contributed by atoms with Gasteiger partial charge in [-0.2, -0.15) is 0 Å². The monoisotopic (exact) mass is 326 g/mol. The molecule has 4 heteroatoms. The number of benzene rings is 1. The second-order valence-corrected chi connectivity index (χ2v) is 6.02. The number of Topliss-reactive ketones (excluding diaryl/α,β-unsaturated/α-hetero) is 1. The molecule has 0 bridgehead atoms. The summed E-state index contributed by atoms with van der Waals surface area (Å²) < 4.78 is 1.02. The van der Waals surface area contributed by atoms with E-state index in [4.69, 9.17) is 5.73 Å². The predicted molar refractivity (Wildman–Crippen MR) is 84.6 cm³/mol. The van der Waals surface area contributed by atoms with Gasteiger partial charge in [-0.25, -0.2) is 0 Å². The summed E-state index contributed by atoms with van der Waals surface area (Å²) in [7, 11) is 0. The van der Waals surface area contributed by atoms with Gasteiger partial charge >= 0.3 is 0 Å². The number of carbonyl (C=O) groups excluding carboxylic acids is 1. The van der Waals surface area contributed by atoms with Gasteiger partial charge in [-0.15, -0.1) is 0 Å². The predicted octanol–water partition coefficient (Wildman–Crippen LogP) is 3.28. The molecule has 1 atom stereocenters. The Balaban J connectivity index is 2.89. The van der Waals surface area contributed by atoms with Crippen LogP contribution in [0.15, 0.2) is 16.6 Å². The number of ketones is 1. The Bertz CT molecular complexity index is 434. The fraction of sp³-hybridized carbons (Fsp3) is 0.533. The summed E-state index contributed by atoms with van der Waals surface area (Å²) in [5, 5.41) is 3.32. The van der Waals surface area contributed by atoms with Crippen molar-refractivity contribution in [2.45, 2.75) is 40.2 Å². The average Bonchev–Trinajstić information content (AvgIpc) is 2.32. The number of anilines is 1. The molecule has 0 saturated carbocycles. The summed E-state index contributed by atoms with van der Waals surface area (Å²) in [4.78, 5) is 11.8. The van der Waals surface area contributed by atoms with Gasteiger partial charge in [0.25, 0.3) is 0 Å². The largest absolute Gasteiger partial charge is 0.384 e. The van der Waals surface area contributed by atoms with Gasteiger partial charge in [0, 0.05) is 16.9 Å². The van der Waals surface area contributed by atoms with E-state index in [1.807, 2.05) is 19.9 Å². The van der Waals surface area contributed by atoms with E-state index < -0.39 is 6.04 Å². The molecule has 3 nitrogen and oxygen atoms in total. The van der Waals surface area contributed by atoms with Crippen LogP contribution >= 0.6 is 15.9 Å². The number of carbonyl (C=O) groups is 1. The second kappa shape index (κ2) is 7.06. The van der Waals surface area contributed by atoms with Gasteiger partial charge in [-0.3, -0.25) is 4.79 Å². The van der Waals surface area contributed by atoms with E-state index in [-0.39, 0.29) is 11.7 Å². The topological polar surface area (TPSA) is 55.1 Å². The summed E-state index contributed by atoms with van der Waals surface area (Å²) in [6.07, 6.45) is 0.586. The molecule has 3 N–H and O–H groups in total. The molecule has 106 valence electrons. The van der Waals surface area contributed by atoms with Crippen molar-refractivity contribution in [2.75, 3.05) is 11.9 Å². The molecule has 1 rings (SSSR count). The van der Waals surface area contributed by atoms with E-state index >= 15 is 0 Å². The Morgan fingerprint density at radius 1 is 1.42 bits per heavy atom. The minimum atomic E-state index is -0.420. The van der Waals surface area contributed by atoms with Crippen molar-refractivity contribution in [3.8, 4) is 0 Å². The molecule has 0 aliphatic heterocycles. The van der Waals surface area contributed by atoms with E-state index in [1.54, 1.807) is 0 Å². The number of nitrogens with one attached hydrogen (secondary N) is 1. The molecular weight excluding hydrogens is 304 g/mol. The molecule has 0 saturated heterocycles. The summed E-state index contributed by atoms with van der Waals surface area (Å²) in [6.45, 7) is 8.78. The molecule has 0 spiro atoms. The van der Waals surface area contributed by atoms with Gasteiger partial charge in [0.1, 0.15) is 0 Å². The van der Waals surface area contributed by atoms with Gasteiger partial charge in [-0.05, 0) is 53.4 Å². The highest BCUT2D eigenvalue weighted by Gasteiger charge is 2.18. The number of rotatable bonds is 6. The van der Waals surface area contributed by atoms with Crippen molar-refractivity contribution in [2.24, 2.45) is 11.7 Å². The molecule has 1 aromatic carbocycles. The Kier molecular flexibility index (Phi) is 6.01. The molecule has 0 aromatic heterocycles. The van der Waals surface area contributed by atoms with E-state index in [9.17, 15) is 4.79 Å². The minimum absolute atomic E-state index is 0.0134.